The van der Waals surface area contributed by atoms with Crippen LogP contribution in [0.15, 0.2) is 22.7 Å². The molecule has 2 nitrogen and oxygen atoms in total. The highest BCUT2D eigenvalue weighted by atomic mass is 79.9. The third kappa shape index (κ3) is 4.68. The Hall–Kier alpha value is -0.540. The molecule has 1 rings (SSSR count). The Labute approximate surface area is 113 Å². The van der Waals surface area contributed by atoms with Crippen molar-refractivity contribution < 1.29 is 0 Å². The first kappa shape index (κ1) is 14.5. The van der Waals surface area contributed by atoms with E-state index in [1.807, 2.05) is 0 Å². The highest BCUT2D eigenvalue weighted by molar-refractivity contribution is 9.10. The number of halogens is 1. The van der Waals surface area contributed by atoms with E-state index in [-0.39, 0.29) is 6.04 Å². The molecule has 1 aromatic carbocycles. The normalized spacial score (nSPS) is 12.5. The molecule has 0 amide bonds. The van der Waals surface area contributed by atoms with E-state index in [2.05, 4.69) is 59.9 Å². The zero-order valence-corrected chi connectivity index (χ0v) is 12.6. The van der Waals surface area contributed by atoms with Crippen molar-refractivity contribution in [1.82, 2.24) is 0 Å². The number of rotatable bonds is 6. The molecular formula is C14H23BrN2. The van der Waals surface area contributed by atoms with Crippen molar-refractivity contribution >= 4 is 21.6 Å². The maximum atomic E-state index is 5.90. The highest BCUT2D eigenvalue weighted by Gasteiger charge is 2.09. The van der Waals surface area contributed by atoms with E-state index in [9.17, 15) is 0 Å². The Bertz CT molecular complexity index is 350. The standard InChI is InChI=1S/C14H23BrN2/c1-4-5-8-17(3)14-10-13(15)7-6-12(14)9-11(2)16/h6-7,10-11H,4-5,8-9,16H2,1-3H3. The van der Waals surface area contributed by atoms with Crippen LogP contribution in [0.25, 0.3) is 0 Å². The summed E-state index contributed by atoms with van der Waals surface area (Å²) in [6.45, 7) is 5.37. The molecule has 0 aliphatic carbocycles. The number of unbranched alkanes of at least 4 members (excludes halogenated alkanes) is 1. The Kier molecular flexibility index (Phi) is 6.00. The monoisotopic (exact) mass is 298 g/mol. The molecule has 0 aliphatic heterocycles. The van der Waals surface area contributed by atoms with Gasteiger partial charge in [-0.1, -0.05) is 35.3 Å². The molecule has 0 aromatic heterocycles. The summed E-state index contributed by atoms with van der Waals surface area (Å²) in [6, 6.07) is 6.66. The first-order valence-corrected chi connectivity index (χ1v) is 7.09. The fraction of sp³-hybridized carbons (Fsp3) is 0.571. The molecule has 1 atom stereocenters. The zero-order valence-electron chi connectivity index (χ0n) is 11.0. The summed E-state index contributed by atoms with van der Waals surface area (Å²) in [5.41, 5.74) is 8.53. The Balaban J connectivity index is 2.89. The predicted molar refractivity (Wildman–Crippen MR) is 79.7 cm³/mol. The summed E-state index contributed by atoms with van der Waals surface area (Å²) < 4.78 is 1.13. The predicted octanol–water partition coefficient (Wildman–Crippen LogP) is 3.58. The van der Waals surface area contributed by atoms with Crippen LogP contribution in [0, 0.1) is 0 Å². The molecule has 0 spiro atoms. The van der Waals surface area contributed by atoms with Crippen LogP contribution in [0.3, 0.4) is 0 Å². The van der Waals surface area contributed by atoms with Gasteiger partial charge in [0.25, 0.3) is 0 Å². The van der Waals surface area contributed by atoms with Crippen LogP contribution in [0.2, 0.25) is 0 Å². The van der Waals surface area contributed by atoms with Gasteiger partial charge in [0, 0.05) is 29.8 Å². The summed E-state index contributed by atoms with van der Waals surface area (Å²) in [7, 11) is 2.15. The number of hydrogen-bond acceptors (Lipinski definition) is 2. The first-order chi connectivity index (χ1) is 8.04. The van der Waals surface area contributed by atoms with E-state index in [1.165, 1.54) is 24.1 Å². The minimum absolute atomic E-state index is 0.203. The van der Waals surface area contributed by atoms with Crippen LogP contribution >= 0.6 is 15.9 Å². The fourth-order valence-corrected chi connectivity index (χ4v) is 2.28. The van der Waals surface area contributed by atoms with Gasteiger partial charge in [-0.3, -0.25) is 0 Å². The second kappa shape index (κ2) is 7.02. The Morgan fingerprint density at radius 1 is 1.41 bits per heavy atom. The fourth-order valence-electron chi connectivity index (χ4n) is 1.93. The van der Waals surface area contributed by atoms with Gasteiger partial charge < -0.3 is 10.6 Å². The van der Waals surface area contributed by atoms with E-state index in [0.29, 0.717) is 0 Å². The lowest BCUT2D eigenvalue weighted by Crippen LogP contribution is -2.23. The number of anilines is 1. The second-order valence-corrected chi connectivity index (χ2v) is 5.65. The topological polar surface area (TPSA) is 29.3 Å². The van der Waals surface area contributed by atoms with Crippen LogP contribution in [0.1, 0.15) is 32.3 Å². The smallest absolute Gasteiger partial charge is 0.0408 e. The third-order valence-corrected chi connectivity index (χ3v) is 3.34. The quantitative estimate of drug-likeness (QED) is 0.870. The van der Waals surface area contributed by atoms with Gasteiger partial charge >= 0.3 is 0 Å². The van der Waals surface area contributed by atoms with Crippen LogP contribution in [-0.2, 0) is 6.42 Å². The highest BCUT2D eigenvalue weighted by Crippen LogP contribution is 2.25. The van der Waals surface area contributed by atoms with E-state index in [4.69, 9.17) is 5.73 Å². The summed E-state index contributed by atoms with van der Waals surface area (Å²) in [4.78, 5) is 2.33. The summed E-state index contributed by atoms with van der Waals surface area (Å²) >= 11 is 3.54. The van der Waals surface area contributed by atoms with Gasteiger partial charge in [0.15, 0.2) is 0 Å². The number of benzene rings is 1. The van der Waals surface area contributed by atoms with Gasteiger partial charge in [-0.25, -0.2) is 0 Å². The zero-order chi connectivity index (χ0) is 12.8. The van der Waals surface area contributed by atoms with Gasteiger partial charge in [-0.2, -0.15) is 0 Å². The molecule has 2 N–H and O–H groups in total. The van der Waals surface area contributed by atoms with Gasteiger partial charge in [-0.15, -0.1) is 0 Å². The summed E-state index contributed by atoms with van der Waals surface area (Å²) in [5.74, 6) is 0. The number of nitrogens with two attached hydrogens (primary N) is 1. The molecule has 0 aliphatic rings. The molecule has 0 saturated heterocycles. The van der Waals surface area contributed by atoms with Crippen LogP contribution in [0.5, 0.6) is 0 Å². The molecule has 1 aromatic rings. The van der Waals surface area contributed by atoms with Crippen LogP contribution in [0.4, 0.5) is 5.69 Å². The lowest BCUT2D eigenvalue weighted by molar-refractivity contribution is 0.726. The molecule has 17 heavy (non-hydrogen) atoms. The van der Waals surface area contributed by atoms with Crippen molar-refractivity contribution in [2.75, 3.05) is 18.5 Å². The van der Waals surface area contributed by atoms with Gasteiger partial charge in [-0.05, 0) is 37.5 Å². The molecule has 0 radical (unpaired) electrons. The molecule has 0 heterocycles. The number of hydrogen-bond donors (Lipinski definition) is 1. The number of nitrogens with zero attached hydrogens (tertiary/aromatic N) is 1. The van der Waals surface area contributed by atoms with Gasteiger partial charge in [0.2, 0.25) is 0 Å². The molecular weight excluding hydrogens is 276 g/mol. The second-order valence-electron chi connectivity index (χ2n) is 4.73. The van der Waals surface area contributed by atoms with E-state index < -0.39 is 0 Å². The average molecular weight is 299 g/mol. The molecule has 0 bridgehead atoms. The molecule has 96 valence electrons. The molecule has 1 unspecified atom stereocenters. The summed E-state index contributed by atoms with van der Waals surface area (Å²) in [6.07, 6.45) is 3.38. The van der Waals surface area contributed by atoms with Crippen molar-refractivity contribution in [1.29, 1.82) is 0 Å². The lowest BCUT2D eigenvalue weighted by Gasteiger charge is -2.23. The van der Waals surface area contributed by atoms with Crippen molar-refractivity contribution in [2.24, 2.45) is 5.73 Å². The van der Waals surface area contributed by atoms with Crippen LogP contribution < -0.4 is 10.6 Å². The minimum atomic E-state index is 0.203. The maximum Gasteiger partial charge on any atom is 0.0408 e. The average Bonchev–Trinajstić information content (AvgIpc) is 2.27. The van der Waals surface area contributed by atoms with Crippen molar-refractivity contribution in [3.63, 3.8) is 0 Å². The first-order valence-electron chi connectivity index (χ1n) is 6.29. The lowest BCUT2D eigenvalue weighted by atomic mass is 10.0. The van der Waals surface area contributed by atoms with Gasteiger partial charge in [0.05, 0.1) is 0 Å². The third-order valence-electron chi connectivity index (χ3n) is 2.85. The van der Waals surface area contributed by atoms with Gasteiger partial charge in [0.1, 0.15) is 0 Å². The molecule has 0 fully saturated rings. The Morgan fingerprint density at radius 2 is 2.12 bits per heavy atom. The Morgan fingerprint density at radius 3 is 2.71 bits per heavy atom. The minimum Gasteiger partial charge on any atom is -0.374 e. The SMILES string of the molecule is CCCCN(C)c1cc(Br)ccc1CC(C)N. The largest absolute Gasteiger partial charge is 0.374 e. The maximum absolute atomic E-state index is 5.90. The van der Waals surface area contributed by atoms with Crippen molar-refractivity contribution in [3.05, 3.63) is 28.2 Å². The molecule has 3 heteroatoms. The molecule has 0 saturated carbocycles. The van der Waals surface area contributed by atoms with Crippen LogP contribution in [-0.4, -0.2) is 19.6 Å². The van der Waals surface area contributed by atoms with E-state index in [1.54, 1.807) is 0 Å². The van der Waals surface area contributed by atoms with Crippen molar-refractivity contribution in [3.8, 4) is 0 Å². The summed E-state index contributed by atoms with van der Waals surface area (Å²) in [5, 5.41) is 0. The van der Waals surface area contributed by atoms with E-state index >= 15 is 0 Å². The van der Waals surface area contributed by atoms with Crippen molar-refractivity contribution in [2.45, 2.75) is 39.2 Å². The van der Waals surface area contributed by atoms with E-state index in [0.717, 1.165) is 17.4 Å².